The molecule has 1 heterocycles. The summed E-state index contributed by atoms with van der Waals surface area (Å²) in [5.74, 6) is 0.321. The number of likely N-dealkylation sites (tertiary alicyclic amines) is 1. The van der Waals surface area contributed by atoms with Crippen molar-refractivity contribution >= 4 is 5.91 Å². The van der Waals surface area contributed by atoms with Crippen molar-refractivity contribution in [1.29, 1.82) is 0 Å². The lowest BCUT2D eigenvalue weighted by atomic mass is 10.2. The van der Waals surface area contributed by atoms with E-state index in [1.807, 2.05) is 23.9 Å². The smallest absolute Gasteiger partial charge is 0.223 e. The van der Waals surface area contributed by atoms with Crippen LogP contribution in [0.2, 0.25) is 0 Å². The Hall–Kier alpha value is -0.570. The zero-order valence-corrected chi connectivity index (χ0v) is 8.05. The summed E-state index contributed by atoms with van der Waals surface area (Å²) < 4.78 is 0. The van der Waals surface area contributed by atoms with Gasteiger partial charge in [-0.3, -0.25) is 9.69 Å². The summed E-state index contributed by atoms with van der Waals surface area (Å²) in [6, 6.07) is 0. The zero-order chi connectivity index (χ0) is 8.97. The monoisotopic (exact) mass is 170 g/mol. The summed E-state index contributed by atoms with van der Waals surface area (Å²) in [7, 11) is 4.00. The molecule has 3 heteroatoms. The van der Waals surface area contributed by atoms with Gasteiger partial charge in [0, 0.05) is 13.0 Å². The Morgan fingerprint density at radius 3 is 2.75 bits per heavy atom. The van der Waals surface area contributed by atoms with E-state index < -0.39 is 0 Å². The highest BCUT2D eigenvalue weighted by atomic mass is 16.2. The fraction of sp³-hybridized carbons (Fsp3) is 0.889. The molecule has 0 aliphatic carbocycles. The van der Waals surface area contributed by atoms with Crippen LogP contribution in [0.15, 0.2) is 0 Å². The van der Waals surface area contributed by atoms with Gasteiger partial charge in [-0.15, -0.1) is 0 Å². The molecule has 1 saturated heterocycles. The van der Waals surface area contributed by atoms with E-state index in [9.17, 15) is 4.79 Å². The second kappa shape index (κ2) is 4.45. The molecular weight excluding hydrogens is 152 g/mol. The van der Waals surface area contributed by atoms with Crippen molar-refractivity contribution in [3.8, 4) is 0 Å². The summed E-state index contributed by atoms with van der Waals surface area (Å²) in [6.07, 6.45) is 4.19. The van der Waals surface area contributed by atoms with Crippen LogP contribution in [0, 0.1) is 0 Å². The van der Waals surface area contributed by atoms with Crippen LogP contribution in [-0.2, 0) is 4.79 Å². The molecule has 0 aromatic heterocycles. The number of carbonyl (C=O) groups excluding carboxylic acids is 1. The molecule has 0 radical (unpaired) electrons. The molecule has 12 heavy (non-hydrogen) atoms. The van der Waals surface area contributed by atoms with Crippen LogP contribution < -0.4 is 0 Å². The molecule has 0 atom stereocenters. The molecule has 0 unspecified atom stereocenters. The van der Waals surface area contributed by atoms with Gasteiger partial charge in [0.1, 0.15) is 0 Å². The maximum atomic E-state index is 11.4. The van der Waals surface area contributed by atoms with Crippen LogP contribution in [0.1, 0.15) is 25.7 Å². The molecule has 1 fully saturated rings. The molecule has 0 bridgehead atoms. The Kier molecular flexibility index (Phi) is 3.53. The number of hydrogen-bond donors (Lipinski definition) is 0. The fourth-order valence-corrected chi connectivity index (χ4v) is 1.53. The molecule has 1 aliphatic rings. The standard InChI is InChI=1S/C9H18N2O/c1-10(2)8-11-7-5-3-4-6-9(11)12/h3-8H2,1-2H3. The number of rotatable bonds is 2. The van der Waals surface area contributed by atoms with Crippen molar-refractivity contribution in [3.05, 3.63) is 0 Å². The van der Waals surface area contributed by atoms with E-state index in [1.54, 1.807) is 0 Å². The Morgan fingerprint density at radius 2 is 2.08 bits per heavy atom. The summed E-state index contributed by atoms with van der Waals surface area (Å²) >= 11 is 0. The summed E-state index contributed by atoms with van der Waals surface area (Å²) in [4.78, 5) is 15.4. The van der Waals surface area contributed by atoms with Gasteiger partial charge in [-0.05, 0) is 26.9 Å². The number of nitrogens with zero attached hydrogens (tertiary/aromatic N) is 2. The first-order valence-electron chi connectivity index (χ1n) is 4.62. The van der Waals surface area contributed by atoms with Gasteiger partial charge in [0.2, 0.25) is 5.91 Å². The summed E-state index contributed by atoms with van der Waals surface area (Å²) in [6.45, 7) is 1.72. The fourth-order valence-electron chi connectivity index (χ4n) is 1.53. The molecule has 3 nitrogen and oxygen atoms in total. The van der Waals surface area contributed by atoms with E-state index in [2.05, 4.69) is 0 Å². The van der Waals surface area contributed by atoms with Crippen molar-refractivity contribution in [2.45, 2.75) is 25.7 Å². The minimum absolute atomic E-state index is 0.321. The third kappa shape index (κ3) is 2.81. The first-order chi connectivity index (χ1) is 5.70. The van der Waals surface area contributed by atoms with Gasteiger partial charge in [0.15, 0.2) is 0 Å². The van der Waals surface area contributed by atoms with E-state index in [0.29, 0.717) is 5.91 Å². The quantitative estimate of drug-likeness (QED) is 0.615. The second-order valence-corrected chi connectivity index (χ2v) is 3.69. The molecule has 0 aromatic rings. The lowest BCUT2D eigenvalue weighted by Crippen LogP contribution is -2.37. The van der Waals surface area contributed by atoms with Crippen molar-refractivity contribution in [3.63, 3.8) is 0 Å². The van der Waals surface area contributed by atoms with Gasteiger partial charge >= 0.3 is 0 Å². The van der Waals surface area contributed by atoms with E-state index in [4.69, 9.17) is 0 Å². The highest BCUT2D eigenvalue weighted by Crippen LogP contribution is 2.10. The summed E-state index contributed by atoms with van der Waals surface area (Å²) in [5, 5.41) is 0. The van der Waals surface area contributed by atoms with Crippen LogP contribution in [0.4, 0.5) is 0 Å². The van der Waals surface area contributed by atoms with E-state index >= 15 is 0 Å². The largest absolute Gasteiger partial charge is 0.330 e. The van der Waals surface area contributed by atoms with Crippen LogP contribution in [-0.4, -0.2) is 43.0 Å². The Bertz CT molecular complexity index is 157. The molecule has 1 rings (SSSR count). The average molecular weight is 170 g/mol. The normalized spacial score (nSPS) is 19.9. The number of hydrogen-bond acceptors (Lipinski definition) is 2. The number of carbonyl (C=O) groups is 1. The second-order valence-electron chi connectivity index (χ2n) is 3.69. The average Bonchev–Trinajstić information content (AvgIpc) is 2.16. The highest BCUT2D eigenvalue weighted by Gasteiger charge is 2.16. The maximum Gasteiger partial charge on any atom is 0.223 e. The van der Waals surface area contributed by atoms with Crippen LogP contribution in [0.5, 0.6) is 0 Å². The van der Waals surface area contributed by atoms with E-state index in [-0.39, 0.29) is 0 Å². The molecule has 1 aliphatic heterocycles. The Balaban J connectivity index is 2.42. The Morgan fingerprint density at radius 1 is 1.33 bits per heavy atom. The molecule has 0 saturated carbocycles. The van der Waals surface area contributed by atoms with Gasteiger partial charge in [-0.25, -0.2) is 0 Å². The van der Waals surface area contributed by atoms with Gasteiger partial charge < -0.3 is 4.90 Å². The molecular formula is C9H18N2O. The van der Waals surface area contributed by atoms with Gasteiger partial charge in [-0.2, -0.15) is 0 Å². The minimum Gasteiger partial charge on any atom is -0.330 e. The lowest BCUT2D eigenvalue weighted by Gasteiger charge is -2.24. The predicted molar refractivity (Wildman–Crippen MR) is 48.7 cm³/mol. The molecule has 70 valence electrons. The first-order valence-corrected chi connectivity index (χ1v) is 4.62. The number of amides is 1. The molecule has 0 N–H and O–H groups in total. The van der Waals surface area contributed by atoms with E-state index in [1.165, 1.54) is 12.8 Å². The van der Waals surface area contributed by atoms with E-state index in [0.717, 1.165) is 26.1 Å². The van der Waals surface area contributed by atoms with Gasteiger partial charge in [0.25, 0.3) is 0 Å². The third-order valence-electron chi connectivity index (χ3n) is 2.12. The van der Waals surface area contributed by atoms with Crippen LogP contribution >= 0.6 is 0 Å². The van der Waals surface area contributed by atoms with Crippen LogP contribution in [0.3, 0.4) is 0 Å². The topological polar surface area (TPSA) is 23.6 Å². The predicted octanol–water partition coefficient (Wildman–Crippen LogP) is 0.908. The molecule has 1 amide bonds. The van der Waals surface area contributed by atoms with Crippen molar-refractivity contribution in [2.24, 2.45) is 0 Å². The molecule has 0 aromatic carbocycles. The van der Waals surface area contributed by atoms with Crippen LogP contribution in [0.25, 0.3) is 0 Å². The maximum absolute atomic E-state index is 11.4. The summed E-state index contributed by atoms with van der Waals surface area (Å²) in [5.41, 5.74) is 0. The van der Waals surface area contributed by atoms with Crippen molar-refractivity contribution < 1.29 is 4.79 Å². The van der Waals surface area contributed by atoms with Crippen molar-refractivity contribution in [2.75, 3.05) is 27.3 Å². The first kappa shape index (κ1) is 9.52. The SMILES string of the molecule is CN(C)CN1CCCCCC1=O. The highest BCUT2D eigenvalue weighted by molar-refractivity contribution is 5.76. The molecule has 0 spiro atoms. The van der Waals surface area contributed by atoms with Crippen molar-refractivity contribution in [1.82, 2.24) is 9.80 Å². The Labute approximate surface area is 74.3 Å². The third-order valence-corrected chi connectivity index (χ3v) is 2.12. The minimum atomic E-state index is 0.321. The van der Waals surface area contributed by atoms with Gasteiger partial charge in [0.05, 0.1) is 6.67 Å². The zero-order valence-electron chi connectivity index (χ0n) is 8.05. The lowest BCUT2D eigenvalue weighted by molar-refractivity contribution is -0.132. The van der Waals surface area contributed by atoms with Gasteiger partial charge in [-0.1, -0.05) is 6.42 Å².